The van der Waals surface area contributed by atoms with E-state index in [0.29, 0.717) is 37.4 Å². The number of nitrogens with zero attached hydrogens (tertiary/aromatic N) is 2. The first-order chi connectivity index (χ1) is 11.9. The fourth-order valence-corrected chi connectivity index (χ4v) is 5.50. The molecule has 0 radical (unpaired) electrons. The second-order valence-electron chi connectivity index (χ2n) is 6.88. The van der Waals surface area contributed by atoms with E-state index in [2.05, 4.69) is 0 Å². The van der Waals surface area contributed by atoms with Crippen molar-refractivity contribution in [3.63, 3.8) is 0 Å². The van der Waals surface area contributed by atoms with Crippen LogP contribution in [0.5, 0.6) is 0 Å². The standard InChI is InChI=1S/C18H26N2O4S.ClH/c1-2-19(13-18(21)22)16-8-10-20(11-9-16)25(23,24)17-7-6-14-4-3-5-15(14)12-17;/h6-7,12,16H,2-5,8-11,13H2,1H3,(H,21,22);1H. The second-order valence-corrected chi connectivity index (χ2v) is 8.81. The maximum atomic E-state index is 12.9. The minimum atomic E-state index is -3.46. The van der Waals surface area contributed by atoms with Crippen LogP contribution < -0.4 is 0 Å². The summed E-state index contributed by atoms with van der Waals surface area (Å²) in [5.41, 5.74) is 2.43. The first-order valence-corrected chi connectivity index (χ1v) is 10.4. The van der Waals surface area contributed by atoms with E-state index in [1.165, 1.54) is 5.56 Å². The summed E-state index contributed by atoms with van der Waals surface area (Å²) >= 11 is 0. The number of likely N-dealkylation sites (N-methyl/N-ethyl adjacent to an activating group) is 1. The van der Waals surface area contributed by atoms with Gasteiger partial charge in [-0.2, -0.15) is 4.31 Å². The minimum Gasteiger partial charge on any atom is -0.480 e. The average molecular weight is 403 g/mol. The molecule has 146 valence electrons. The molecule has 3 rings (SSSR count). The summed E-state index contributed by atoms with van der Waals surface area (Å²) in [6.07, 6.45) is 4.44. The molecule has 6 nitrogen and oxygen atoms in total. The van der Waals surface area contributed by atoms with E-state index >= 15 is 0 Å². The number of fused-ring (bicyclic) bond motifs is 1. The number of hydrogen-bond acceptors (Lipinski definition) is 4. The van der Waals surface area contributed by atoms with E-state index in [1.54, 1.807) is 10.4 Å². The average Bonchev–Trinajstić information content (AvgIpc) is 3.07. The molecule has 8 heteroatoms. The van der Waals surface area contributed by atoms with E-state index in [-0.39, 0.29) is 25.0 Å². The van der Waals surface area contributed by atoms with Crippen molar-refractivity contribution >= 4 is 28.4 Å². The number of aryl methyl sites for hydroxylation is 2. The van der Waals surface area contributed by atoms with Gasteiger partial charge in [0, 0.05) is 19.1 Å². The number of rotatable bonds is 6. The first-order valence-electron chi connectivity index (χ1n) is 8.99. The molecule has 0 amide bonds. The normalized spacial score (nSPS) is 18.5. The zero-order valence-electron chi connectivity index (χ0n) is 15.1. The van der Waals surface area contributed by atoms with Gasteiger partial charge in [0.15, 0.2) is 0 Å². The maximum Gasteiger partial charge on any atom is 0.317 e. The fraction of sp³-hybridized carbons (Fsp3) is 0.611. The van der Waals surface area contributed by atoms with Crippen molar-refractivity contribution in [2.45, 2.75) is 50.0 Å². The number of halogens is 1. The Labute approximate surface area is 161 Å². The molecule has 26 heavy (non-hydrogen) atoms. The molecule has 1 saturated heterocycles. The Kier molecular flexibility index (Phi) is 7.07. The van der Waals surface area contributed by atoms with E-state index in [4.69, 9.17) is 5.11 Å². The smallest absolute Gasteiger partial charge is 0.317 e. The van der Waals surface area contributed by atoms with Crippen LogP contribution in [0.4, 0.5) is 0 Å². The summed E-state index contributed by atoms with van der Waals surface area (Å²) in [6.45, 7) is 3.50. The third-order valence-electron chi connectivity index (χ3n) is 5.39. The number of aliphatic carboxylic acids is 1. The van der Waals surface area contributed by atoms with Crippen LogP contribution in [-0.4, -0.2) is 60.9 Å². The summed E-state index contributed by atoms with van der Waals surface area (Å²) in [4.78, 5) is 13.3. The molecular formula is C18H27ClN2O4S. The van der Waals surface area contributed by atoms with Gasteiger partial charge >= 0.3 is 5.97 Å². The Balaban J connectivity index is 0.00000243. The van der Waals surface area contributed by atoms with E-state index in [9.17, 15) is 13.2 Å². The van der Waals surface area contributed by atoms with Crippen molar-refractivity contribution in [2.24, 2.45) is 0 Å². The lowest BCUT2D eigenvalue weighted by Gasteiger charge is -2.36. The van der Waals surface area contributed by atoms with Crippen LogP contribution in [0.1, 0.15) is 37.3 Å². The lowest BCUT2D eigenvalue weighted by atomic mass is 10.0. The molecule has 0 atom stereocenters. The molecule has 1 N–H and O–H groups in total. The molecule has 0 aromatic heterocycles. The van der Waals surface area contributed by atoms with Gasteiger partial charge in [-0.05, 0) is 61.9 Å². The minimum absolute atomic E-state index is 0. The van der Waals surface area contributed by atoms with Crippen molar-refractivity contribution in [2.75, 3.05) is 26.2 Å². The summed E-state index contributed by atoms with van der Waals surface area (Å²) in [6, 6.07) is 5.65. The van der Waals surface area contributed by atoms with Gasteiger partial charge < -0.3 is 5.11 Å². The molecule has 0 unspecified atom stereocenters. The van der Waals surface area contributed by atoms with Crippen LogP contribution in [0.25, 0.3) is 0 Å². The van der Waals surface area contributed by atoms with Crippen molar-refractivity contribution in [1.29, 1.82) is 0 Å². The molecule has 0 saturated carbocycles. The summed E-state index contributed by atoms with van der Waals surface area (Å²) in [5, 5.41) is 9.00. The Morgan fingerprint density at radius 3 is 2.50 bits per heavy atom. The van der Waals surface area contributed by atoms with E-state index in [0.717, 1.165) is 24.8 Å². The quantitative estimate of drug-likeness (QED) is 0.788. The van der Waals surface area contributed by atoms with Crippen LogP contribution in [-0.2, 0) is 27.7 Å². The van der Waals surface area contributed by atoms with Gasteiger partial charge in [0.05, 0.1) is 11.4 Å². The molecule has 0 spiro atoms. The Bertz CT molecular complexity index is 746. The van der Waals surface area contributed by atoms with E-state index < -0.39 is 16.0 Å². The molecule has 2 aliphatic rings. The van der Waals surface area contributed by atoms with Crippen molar-refractivity contribution < 1.29 is 18.3 Å². The Morgan fingerprint density at radius 1 is 1.23 bits per heavy atom. The highest BCUT2D eigenvalue weighted by atomic mass is 35.5. The predicted octanol–water partition coefficient (Wildman–Crippen LogP) is 2.16. The van der Waals surface area contributed by atoms with Gasteiger partial charge in [0.25, 0.3) is 0 Å². The van der Waals surface area contributed by atoms with Crippen LogP contribution >= 0.6 is 12.4 Å². The Hall–Kier alpha value is -1.15. The number of piperidine rings is 1. The fourth-order valence-electron chi connectivity index (χ4n) is 3.98. The van der Waals surface area contributed by atoms with E-state index in [1.807, 2.05) is 24.0 Å². The zero-order chi connectivity index (χ0) is 18.0. The number of benzene rings is 1. The van der Waals surface area contributed by atoms with Gasteiger partial charge in [0.1, 0.15) is 0 Å². The predicted molar refractivity (Wildman–Crippen MR) is 102 cm³/mol. The van der Waals surface area contributed by atoms with Gasteiger partial charge in [-0.25, -0.2) is 8.42 Å². The molecule has 0 bridgehead atoms. The summed E-state index contributed by atoms with van der Waals surface area (Å²) in [7, 11) is -3.46. The monoisotopic (exact) mass is 402 g/mol. The second kappa shape index (κ2) is 8.69. The van der Waals surface area contributed by atoms with Gasteiger partial charge in [-0.3, -0.25) is 9.69 Å². The molecule has 1 heterocycles. The molecular weight excluding hydrogens is 376 g/mol. The molecule has 1 aliphatic carbocycles. The molecule has 1 aromatic rings. The topological polar surface area (TPSA) is 77.9 Å². The number of carbonyl (C=O) groups is 1. The highest BCUT2D eigenvalue weighted by Gasteiger charge is 2.32. The molecule has 1 fully saturated rings. The third-order valence-corrected chi connectivity index (χ3v) is 7.29. The number of carboxylic acids is 1. The van der Waals surface area contributed by atoms with Crippen molar-refractivity contribution in [1.82, 2.24) is 9.21 Å². The van der Waals surface area contributed by atoms with Crippen molar-refractivity contribution in [3.05, 3.63) is 29.3 Å². The number of carboxylic acid groups (broad SMARTS) is 1. The zero-order valence-corrected chi connectivity index (χ0v) is 16.7. The number of sulfonamides is 1. The Morgan fingerprint density at radius 2 is 1.88 bits per heavy atom. The number of hydrogen-bond donors (Lipinski definition) is 1. The van der Waals surface area contributed by atoms with Crippen LogP contribution in [0.15, 0.2) is 23.1 Å². The maximum absolute atomic E-state index is 12.9. The SMILES string of the molecule is CCN(CC(=O)O)C1CCN(S(=O)(=O)c2ccc3c(c2)CCC3)CC1.Cl. The largest absolute Gasteiger partial charge is 0.480 e. The summed E-state index contributed by atoms with van der Waals surface area (Å²) in [5.74, 6) is -0.838. The van der Waals surface area contributed by atoms with Gasteiger partial charge in [-0.15, -0.1) is 12.4 Å². The van der Waals surface area contributed by atoms with Crippen LogP contribution in [0, 0.1) is 0 Å². The van der Waals surface area contributed by atoms with Crippen molar-refractivity contribution in [3.8, 4) is 0 Å². The van der Waals surface area contributed by atoms with Gasteiger partial charge in [0.2, 0.25) is 10.0 Å². The lowest BCUT2D eigenvalue weighted by molar-refractivity contribution is -0.139. The van der Waals surface area contributed by atoms with Crippen LogP contribution in [0.3, 0.4) is 0 Å². The lowest BCUT2D eigenvalue weighted by Crippen LogP contribution is -2.48. The highest BCUT2D eigenvalue weighted by Crippen LogP contribution is 2.28. The summed E-state index contributed by atoms with van der Waals surface area (Å²) < 4.78 is 27.4. The molecule has 1 aliphatic heterocycles. The van der Waals surface area contributed by atoms with Crippen LogP contribution in [0.2, 0.25) is 0 Å². The molecule has 1 aromatic carbocycles. The highest BCUT2D eigenvalue weighted by molar-refractivity contribution is 7.89. The third kappa shape index (κ3) is 4.39. The van der Waals surface area contributed by atoms with Gasteiger partial charge in [-0.1, -0.05) is 13.0 Å². The first kappa shape index (κ1) is 21.2.